The topological polar surface area (TPSA) is 121 Å². The number of esters is 1. The number of nitrogens with zero attached hydrogens (tertiary/aromatic N) is 3. The Bertz CT molecular complexity index is 1960. The Kier molecular flexibility index (Phi) is 9.80. The lowest BCUT2D eigenvalue weighted by Crippen LogP contribution is -2.41. The van der Waals surface area contributed by atoms with E-state index in [-0.39, 0.29) is 29.9 Å². The summed E-state index contributed by atoms with van der Waals surface area (Å²) >= 11 is 13.6. The quantitative estimate of drug-likeness (QED) is 0.161. The van der Waals surface area contributed by atoms with E-state index in [9.17, 15) is 9.59 Å². The number of hydrogen-bond acceptors (Lipinski definition) is 8. The molecule has 1 amide bonds. The average molecular weight is 719 g/mol. The van der Waals surface area contributed by atoms with E-state index in [1.54, 1.807) is 25.3 Å². The first-order valence-corrected chi connectivity index (χ1v) is 17.8. The highest BCUT2D eigenvalue weighted by molar-refractivity contribution is 6.36. The van der Waals surface area contributed by atoms with Gasteiger partial charge >= 0.3 is 5.97 Å². The van der Waals surface area contributed by atoms with Gasteiger partial charge in [-0.2, -0.15) is 0 Å². The predicted molar refractivity (Wildman–Crippen MR) is 193 cm³/mol. The average Bonchev–Trinajstić information content (AvgIpc) is 3.82. The molecular formula is C38H41Cl2N5O5. The number of amides is 1. The standard InChI is InChI=1S/C38H41Cl2N5O5/c1-21(20-49-38(47)22-10-11-22)45-15-14-31-30(19-45)42-36(44(31)2)37(46)43-29-9-5-8-27(35(29)40)24-6-4-7-26-25(24)12-13-32(26)50-34-17-33(48-3)23(18-41)16-28(34)39/h4-9,16-17,21-22,32H,10-15,18-20,41H2,1-3H3,(H,43,46). The largest absolute Gasteiger partial charge is 0.496 e. The number of halogens is 2. The molecule has 1 aliphatic heterocycles. The molecule has 3 aromatic carbocycles. The van der Waals surface area contributed by atoms with Gasteiger partial charge in [0.25, 0.3) is 5.91 Å². The van der Waals surface area contributed by atoms with Gasteiger partial charge in [-0.3, -0.25) is 14.5 Å². The van der Waals surface area contributed by atoms with Crippen LogP contribution in [0.2, 0.25) is 10.0 Å². The molecule has 1 aromatic heterocycles. The second-order valence-corrected chi connectivity index (χ2v) is 14.1. The molecule has 0 spiro atoms. The molecule has 262 valence electrons. The van der Waals surface area contributed by atoms with E-state index in [0.717, 1.165) is 77.9 Å². The number of hydrogen-bond donors (Lipinski definition) is 2. The van der Waals surface area contributed by atoms with Gasteiger partial charge in [0.1, 0.15) is 24.2 Å². The fourth-order valence-corrected chi connectivity index (χ4v) is 7.55. The first-order chi connectivity index (χ1) is 24.2. The molecule has 3 N–H and O–H groups in total. The van der Waals surface area contributed by atoms with Gasteiger partial charge in [-0.25, -0.2) is 4.98 Å². The number of aromatic nitrogens is 2. The number of fused-ring (bicyclic) bond motifs is 2. The van der Waals surface area contributed by atoms with Crippen molar-refractivity contribution in [2.45, 2.75) is 64.3 Å². The van der Waals surface area contributed by atoms with Crippen molar-refractivity contribution in [2.24, 2.45) is 18.7 Å². The molecule has 1 fully saturated rings. The summed E-state index contributed by atoms with van der Waals surface area (Å²) in [4.78, 5) is 32.7. The van der Waals surface area contributed by atoms with Crippen LogP contribution in [-0.4, -0.2) is 52.6 Å². The summed E-state index contributed by atoms with van der Waals surface area (Å²) in [6.45, 7) is 4.09. The summed E-state index contributed by atoms with van der Waals surface area (Å²) in [5, 5.41) is 3.95. The number of ether oxygens (including phenoxy) is 3. The van der Waals surface area contributed by atoms with E-state index in [0.29, 0.717) is 52.8 Å². The monoisotopic (exact) mass is 717 g/mol. The van der Waals surface area contributed by atoms with Crippen molar-refractivity contribution >= 4 is 40.8 Å². The third kappa shape index (κ3) is 6.69. The molecule has 10 nitrogen and oxygen atoms in total. The van der Waals surface area contributed by atoms with Crippen LogP contribution >= 0.6 is 23.2 Å². The summed E-state index contributed by atoms with van der Waals surface area (Å²) in [6.07, 6.45) is 3.95. The van der Waals surface area contributed by atoms with Gasteiger partial charge in [-0.05, 0) is 61.4 Å². The maximum absolute atomic E-state index is 13.7. The number of nitrogens with one attached hydrogen (secondary N) is 1. The number of benzene rings is 3. The molecule has 2 unspecified atom stereocenters. The molecule has 12 heteroatoms. The zero-order chi connectivity index (χ0) is 35.1. The molecule has 3 aliphatic rings. The van der Waals surface area contributed by atoms with E-state index in [1.807, 2.05) is 35.9 Å². The number of nitrogens with two attached hydrogens (primary N) is 1. The van der Waals surface area contributed by atoms with E-state index in [2.05, 4.69) is 23.2 Å². The van der Waals surface area contributed by atoms with Crippen LogP contribution in [0.15, 0.2) is 48.5 Å². The predicted octanol–water partition coefficient (Wildman–Crippen LogP) is 6.88. The second-order valence-electron chi connectivity index (χ2n) is 13.3. The van der Waals surface area contributed by atoms with Gasteiger partial charge in [0.15, 0.2) is 5.82 Å². The van der Waals surface area contributed by atoms with Crippen molar-refractivity contribution in [3.8, 4) is 22.6 Å². The molecule has 0 radical (unpaired) electrons. The van der Waals surface area contributed by atoms with Crippen LogP contribution in [-0.2, 0) is 42.5 Å². The maximum atomic E-state index is 13.7. The molecule has 1 saturated carbocycles. The van der Waals surface area contributed by atoms with Crippen LogP contribution in [0.5, 0.6) is 11.5 Å². The fraction of sp³-hybridized carbons (Fsp3) is 0.395. The van der Waals surface area contributed by atoms with Crippen LogP contribution in [0.1, 0.15) is 71.0 Å². The smallest absolute Gasteiger partial charge is 0.308 e. The zero-order valence-corrected chi connectivity index (χ0v) is 29.9. The first kappa shape index (κ1) is 34.4. The lowest BCUT2D eigenvalue weighted by Gasteiger charge is -2.31. The van der Waals surface area contributed by atoms with Crippen molar-refractivity contribution in [2.75, 3.05) is 25.6 Å². The van der Waals surface area contributed by atoms with Crippen LogP contribution in [0.25, 0.3) is 11.1 Å². The van der Waals surface area contributed by atoms with Crippen LogP contribution in [0.3, 0.4) is 0 Å². The van der Waals surface area contributed by atoms with E-state index in [1.165, 1.54) is 0 Å². The fourth-order valence-electron chi connectivity index (χ4n) is 7.05. The van der Waals surface area contributed by atoms with Gasteiger partial charge in [0, 0.05) is 62.0 Å². The highest BCUT2D eigenvalue weighted by atomic mass is 35.5. The number of carbonyl (C=O) groups excluding carboxylic acids is 2. The van der Waals surface area contributed by atoms with Crippen molar-refractivity contribution in [1.82, 2.24) is 14.5 Å². The van der Waals surface area contributed by atoms with Crippen molar-refractivity contribution in [1.29, 1.82) is 0 Å². The minimum Gasteiger partial charge on any atom is -0.496 e. The van der Waals surface area contributed by atoms with E-state index in [4.69, 9.17) is 48.1 Å². The minimum atomic E-state index is -0.335. The maximum Gasteiger partial charge on any atom is 0.308 e. The van der Waals surface area contributed by atoms with E-state index >= 15 is 0 Å². The summed E-state index contributed by atoms with van der Waals surface area (Å²) < 4.78 is 19.3. The zero-order valence-electron chi connectivity index (χ0n) is 28.4. The van der Waals surface area contributed by atoms with Gasteiger partial charge in [0.2, 0.25) is 0 Å². The van der Waals surface area contributed by atoms with Crippen molar-refractivity contribution < 1.29 is 23.8 Å². The number of rotatable bonds is 11. The highest BCUT2D eigenvalue weighted by Gasteiger charge is 2.33. The normalized spacial score (nSPS) is 17.5. The van der Waals surface area contributed by atoms with Crippen LogP contribution < -0.4 is 20.5 Å². The molecule has 2 heterocycles. The molecule has 7 rings (SSSR count). The molecule has 50 heavy (non-hydrogen) atoms. The van der Waals surface area contributed by atoms with Gasteiger partial charge in [-0.15, -0.1) is 0 Å². The molecule has 0 saturated heterocycles. The molecule has 2 atom stereocenters. The Hall–Kier alpha value is -4.09. The third-order valence-electron chi connectivity index (χ3n) is 10.1. The Labute approximate surface area is 301 Å². The third-order valence-corrected chi connectivity index (χ3v) is 10.8. The Morgan fingerprint density at radius 1 is 1.06 bits per heavy atom. The molecule has 0 bridgehead atoms. The summed E-state index contributed by atoms with van der Waals surface area (Å²) in [7, 11) is 3.47. The Morgan fingerprint density at radius 2 is 1.84 bits per heavy atom. The second kappa shape index (κ2) is 14.3. The number of carbonyl (C=O) groups is 2. The highest BCUT2D eigenvalue weighted by Crippen LogP contribution is 2.45. The molecule has 2 aliphatic carbocycles. The summed E-state index contributed by atoms with van der Waals surface area (Å²) in [5.74, 6) is 1.15. The van der Waals surface area contributed by atoms with Crippen molar-refractivity contribution in [3.63, 3.8) is 0 Å². The number of methoxy groups -OCH3 is 1. The summed E-state index contributed by atoms with van der Waals surface area (Å²) in [5.41, 5.74) is 13.1. The van der Waals surface area contributed by atoms with Gasteiger partial charge in [-0.1, -0.05) is 53.5 Å². The Balaban J connectivity index is 1.07. The van der Waals surface area contributed by atoms with Crippen LogP contribution in [0, 0.1) is 5.92 Å². The van der Waals surface area contributed by atoms with E-state index < -0.39 is 0 Å². The molecular weight excluding hydrogens is 677 g/mol. The van der Waals surface area contributed by atoms with Gasteiger partial charge in [0.05, 0.1) is 34.5 Å². The number of imidazole rings is 1. The lowest BCUT2D eigenvalue weighted by molar-refractivity contribution is -0.147. The lowest BCUT2D eigenvalue weighted by atomic mass is 9.96. The number of anilines is 1. The Morgan fingerprint density at radius 3 is 2.60 bits per heavy atom. The van der Waals surface area contributed by atoms with Crippen LogP contribution in [0.4, 0.5) is 5.69 Å². The SMILES string of the molecule is COc1cc(OC2CCc3c(-c4cccc(NC(=O)c5nc6c(n5C)CCN(C(C)COC(=O)C5CC5)C6)c4Cl)cccc32)c(Cl)cc1CN. The molecule has 4 aromatic rings. The van der Waals surface area contributed by atoms with Gasteiger partial charge < -0.3 is 29.8 Å². The summed E-state index contributed by atoms with van der Waals surface area (Å²) in [6, 6.07) is 15.4. The first-order valence-electron chi connectivity index (χ1n) is 17.1. The minimum absolute atomic E-state index is 0.0529. The van der Waals surface area contributed by atoms with Crippen molar-refractivity contribution in [3.05, 3.63) is 92.5 Å².